The standard InChI is InChI=1S/C24H25NO2/c1-27-24(26)23-14-12-22(13-15-23)19-25(18-21-10-6-3-7-11-21)17-16-20-8-4-2-5-9-20/h2-15H,16-19H2,1H3. The van der Waals surface area contributed by atoms with E-state index >= 15 is 0 Å². The van der Waals surface area contributed by atoms with Crippen molar-refractivity contribution in [1.82, 2.24) is 4.90 Å². The second kappa shape index (κ2) is 9.70. The molecule has 0 saturated carbocycles. The molecule has 0 aromatic heterocycles. The highest BCUT2D eigenvalue weighted by Crippen LogP contribution is 2.13. The van der Waals surface area contributed by atoms with E-state index in [2.05, 4.69) is 53.4 Å². The van der Waals surface area contributed by atoms with Gasteiger partial charge >= 0.3 is 5.97 Å². The van der Waals surface area contributed by atoms with Crippen LogP contribution in [0.2, 0.25) is 0 Å². The van der Waals surface area contributed by atoms with Crippen LogP contribution in [-0.2, 0) is 24.2 Å². The summed E-state index contributed by atoms with van der Waals surface area (Å²) in [6.07, 6.45) is 1.01. The number of hydrogen-bond acceptors (Lipinski definition) is 3. The Balaban J connectivity index is 1.69. The Morgan fingerprint density at radius 2 is 1.26 bits per heavy atom. The highest BCUT2D eigenvalue weighted by atomic mass is 16.5. The average molecular weight is 359 g/mol. The van der Waals surface area contributed by atoms with E-state index in [-0.39, 0.29) is 5.97 Å². The molecule has 0 aliphatic rings. The van der Waals surface area contributed by atoms with Gasteiger partial charge < -0.3 is 4.74 Å². The van der Waals surface area contributed by atoms with Crippen molar-refractivity contribution in [3.05, 3.63) is 107 Å². The van der Waals surface area contributed by atoms with E-state index < -0.39 is 0 Å². The van der Waals surface area contributed by atoms with Crippen molar-refractivity contribution in [3.63, 3.8) is 0 Å². The first kappa shape index (κ1) is 18.9. The summed E-state index contributed by atoms with van der Waals surface area (Å²) in [6.45, 7) is 2.70. The molecule has 0 radical (unpaired) electrons. The number of carbonyl (C=O) groups is 1. The van der Waals surface area contributed by atoms with Gasteiger partial charge in [-0.05, 0) is 35.2 Å². The molecule has 3 rings (SSSR count). The number of benzene rings is 3. The number of rotatable bonds is 8. The maximum Gasteiger partial charge on any atom is 0.337 e. The lowest BCUT2D eigenvalue weighted by Crippen LogP contribution is -2.25. The molecule has 0 saturated heterocycles. The zero-order chi connectivity index (χ0) is 18.9. The van der Waals surface area contributed by atoms with Crippen LogP contribution >= 0.6 is 0 Å². The Kier molecular flexibility index (Phi) is 6.78. The normalized spacial score (nSPS) is 10.7. The molecule has 0 aliphatic carbocycles. The molecule has 3 heteroatoms. The van der Waals surface area contributed by atoms with Gasteiger partial charge in [0.05, 0.1) is 12.7 Å². The highest BCUT2D eigenvalue weighted by Gasteiger charge is 2.09. The summed E-state index contributed by atoms with van der Waals surface area (Å²) < 4.78 is 4.77. The van der Waals surface area contributed by atoms with Crippen LogP contribution in [-0.4, -0.2) is 24.5 Å². The van der Waals surface area contributed by atoms with E-state index in [0.717, 1.165) is 26.1 Å². The molecule has 0 heterocycles. The molecule has 0 atom stereocenters. The van der Waals surface area contributed by atoms with Crippen LogP contribution in [0.4, 0.5) is 0 Å². The SMILES string of the molecule is COC(=O)c1ccc(CN(CCc2ccccc2)Cc2ccccc2)cc1. The summed E-state index contributed by atoms with van der Waals surface area (Å²) in [5.74, 6) is -0.299. The largest absolute Gasteiger partial charge is 0.465 e. The molecule has 3 nitrogen and oxygen atoms in total. The fourth-order valence-corrected chi connectivity index (χ4v) is 3.11. The van der Waals surface area contributed by atoms with E-state index in [1.165, 1.54) is 23.8 Å². The lowest BCUT2D eigenvalue weighted by molar-refractivity contribution is 0.0600. The molecule has 3 aromatic rings. The van der Waals surface area contributed by atoms with Crippen molar-refractivity contribution in [3.8, 4) is 0 Å². The van der Waals surface area contributed by atoms with Crippen molar-refractivity contribution >= 4 is 5.97 Å². The molecule has 0 N–H and O–H groups in total. The second-order valence-electron chi connectivity index (χ2n) is 6.62. The molecule has 0 amide bonds. The quantitative estimate of drug-likeness (QED) is 0.545. The maximum absolute atomic E-state index is 11.6. The zero-order valence-electron chi connectivity index (χ0n) is 15.7. The van der Waals surface area contributed by atoms with Gasteiger partial charge in [-0.1, -0.05) is 72.8 Å². The van der Waals surface area contributed by atoms with Gasteiger partial charge in [0.1, 0.15) is 0 Å². The minimum absolute atomic E-state index is 0.299. The van der Waals surface area contributed by atoms with Gasteiger partial charge in [-0.25, -0.2) is 4.79 Å². The summed E-state index contributed by atoms with van der Waals surface area (Å²) in [5.41, 5.74) is 4.42. The Morgan fingerprint density at radius 3 is 1.81 bits per heavy atom. The fraction of sp³-hybridized carbons (Fsp3) is 0.208. The van der Waals surface area contributed by atoms with Crippen molar-refractivity contribution in [1.29, 1.82) is 0 Å². The summed E-state index contributed by atoms with van der Waals surface area (Å²) in [6, 6.07) is 28.8. The highest BCUT2D eigenvalue weighted by molar-refractivity contribution is 5.89. The summed E-state index contributed by atoms with van der Waals surface area (Å²) in [7, 11) is 1.40. The number of carbonyl (C=O) groups excluding carboxylic acids is 1. The first-order valence-electron chi connectivity index (χ1n) is 9.22. The Bertz CT molecular complexity index is 829. The minimum atomic E-state index is -0.299. The van der Waals surface area contributed by atoms with E-state index in [9.17, 15) is 4.79 Å². The molecule has 0 fully saturated rings. The van der Waals surface area contributed by atoms with E-state index in [0.29, 0.717) is 5.56 Å². The van der Waals surface area contributed by atoms with Crippen LogP contribution in [0.5, 0.6) is 0 Å². The van der Waals surface area contributed by atoms with Crippen LogP contribution in [0.15, 0.2) is 84.9 Å². The van der Waals surface area contributed by atoms with Gasteiger partial charge in [0, 0.05) is 19.6 Å². The van der Waals surface area contributed by atoms with Gasteiger partial charge in [0.2, 0.25) is 0 Å². The smallest absolute Gasteiger partial charge is 0.337 e. The van der Waals surface area contributed by atoms with Gasteiger partial charge in [-0.2, -0.15) is 0 Å². The average Bonchev–Trinajstić information content (AvgIpc) is 2.73. The van der Waals surface area contributed by atoms with E-state index in [1.54, 1.807) is 0 Å². The van der Waals surface area contributed by atoms with Crippen molar-refractivity contribution in [2.24, 2.45) is 0 Å². The molecular formula is C24H25NO2. The summed E-state index contributed by atoms with van der Waals surface area (Å²) in [5, 5.41) is 0. The number of ether oxygens (including phenoxy) is 1. The molecule has 0 unspecified atom stereocenters. The monoisotopic (exact) mass is 359 g/mol. The number of hydrogen-bond donors (Lipinski definition) is 0. The van der Waals surface area contributed by atoms with Crippen molar-refractivity contribution in [2.75, 3.05) is 13.7 Å². The minimum Gasteiger partial charge on any atom is -0.465 e. The Hall–Kier alpha value is -2.91. The second-order valence-corrected chi connectivity index (χ2v) is 6.62. The molecule has 0 bridgehead atoms. The lowest BCUT2D eigenvalue weighted by Gasteiger charge is -2.23. The van der Waals surface area contributed by atoms with Gasteiger partial charge in [0.15, 0.2) is 0 Å². The van der Waals surface area contributed by atoms with Crippen molar-refractivity contribution in [2.45, 2.75) is 19.5 Å². The number of esters is 1. The van der Waals surface area contributed by atoms with Gasteiger partial charge in [-0.3, -0.25) is 4.90 Å². The number of methoxy groups -OCH3 is 1. The third kappa shape index (κ3) is 5.80. The van der Waals surface area contributed by atoms with E-state index in [1.807, 2.05) is 36.4 Å². The summed E-state index contributed by atoms with van der Waals surface area (Å²) in [4.78, 5) is 14.1. The topological polar surface area (TPSA) is 29.5 Å². The Morgan fingerprint density at radius 1 is 0.741 bits per heavy atom. The van der Waals surface area contributed by atoms with Crippen LogP contribution < -0.4 is 0 Å². The molecule has 3 aromatic carbocycles. The molecule has 27 heavy (non-hydrogen) atoms. The number of nitrogens with zero attached hydrogens (tertiary/aromatic N) is 1. The molecule has 138 valence electrons. The first-order valence-corrected chi connectivity index (χ1v) is 9.22. The van der Waals surface area contributed by atoms with E-state index in [4.69, 9.17) is 4.74 Å². The summed E-state index contributed by atoms with van der Waals surface area (Å²) >= 11 is 0. The predicted octanol–water partition coefficient (Wildman–Crippen LogP) is 4.72. The van der Waals surface area contributed by atoms with Crippen LogP contribution in [0.3, 0.4) is 0 Å². The van der Waals surface area contributed by atoms with Crippen LogP contribution in [0, 0.1) is 0 Å². The Labute approximate surface area is 161 Å². The van der Waals surface area contributed by atoms with Gasteiger partial charge in [0.25, 0.3) is 0 Å². The molecule has 0 spiro atoms. The van der Waals surface area contributed by atoms with Crippen LogP contribution in [0.1, 0.15) is 27.0 Å². The predicted molar refractivity (Wildman–Crippen MR) is 108 cm³/mol. The zero-order valence-corrected chi connectivity index (χ0v) is 15.7. The fourth-order valence-electron chi connectivity index (χ4n) is 3.11. The molecular weight excluding hydrogens is 334 g/mol. The van der Waals surface area contributed by atoms with Crippen LogP contribution in [0.25, 0.3) is 0 Å². The third-order valence-corrected chi connectivity index (χ3v) is 4.59. The first-order chi connectivity index (χ1) is 13.2. The van der Waals surface area contributed by atoms with Gasteiger partial charge in [-0.15, -0.1) is 0 Å². The van der Waals surface area contributed by atoms with Crippen molar-refractivity contribution < 1.29 is 9.53 Å². The maximum atomic E-state index is 11.6. The lowest BCUT2D eigenvalue weighted by atomic mass is 10.1. The third-order valence-electron chi connectivity index (χ3n) is 4.59. The molecule has 0 aliphatic heterocycles.